The number of H-pyrrole nitrogens is 1. The van der Waals surface area contributed by atoms with Crippen molar-refractivity contribution in [2.24, 2.45) is 5.92 Å². The maximum absolute atomic E-state index is 13.0. The molecular weight excluding hydrogens is 399 g/mol. The van der Waals surface area contributed by atoms with Gasteiger partial charge in [0.2, 0.25) is 0 Å². The molecule has 1 heterocycles. The van der Waals surface area contributed by atoms with Crippen molar-refractivity contribution in [3.8, 4) is 0 Å². The Hall–Kier alpha value is -2.98. The number of hydrogen-bond donors (Lipinski definition) is 4. The van der Waals surface area contributed by atoms with Crippen molar-refractivity contribution >= 4 is 23.0 Å². The number of carbonyl (C=O) groups excluding carboxylic acids is 1. The van der Waals surface area contributed by atoms with Crippen LogP contribution in [-0.4, -0.2) is 47.4 Å². The summed E-state index contributed by atoms with van der Waals surface area (Å²) in [4.78, 5) is 17.7. The Balaban J connectivity index is 1.76. The molecule has 1 saturated carbocycles. The van der Waals surface area contributed by atoms with E-state index in [1.165, 1.54) is 6.33 Å². The number of nitrogen functional groups attached to an aromatic ring is 1. The van der Waals surface area contributed by atoms with Gasteiger partial charge in [-0.3, -0.25) is 4.79 Å². The number of carbonyl (C=O) groups is 1. The van der Waals surface area contributed by atoms with Gasteiger partial charge in [0.25, 0.3) is 5.91 Å². The van der Waals surface area contributed by atoms with E-state index in [0.717, 1.165) is 0 Å². The van der Waals surface area contributed by atoms with Crippen LogP contribution in [0.1, 0.15) is 41.9 Å². The second kappa shape index (κ2) is 8.80. The molecule has 0 radical (unpaired) electrons. The van der Waals surface area contributed by atoms with Gasteiger partial charge >= 0.3 is 6.18 Å². The molecule has 1 aliphatic rings. The van der Waals surface area contributed by atoms with E-state index in [0.29, 0.717) is 47.8 Å². The summed E-state index contributed by atoms with van der Waals surface area (Å²) in [6.45, 7) is 0.379. The molecule has 1 amide bonds. The van der Waals surface area contributed by atoms with Crippen LogP contribution in [0.2, 0.25) is 0 Å². The van der Waals surface area contributed by atoms with Crippen molar-refractivity contribution < 1.29 is 18.0 Å². The largest absolute Gasteiger partial charge is 0.397 e. The summed E-state index contributed by atoms with van der Waals surface area (Å²) in [7, 11) is 3.53. The zero-order valence-electron chi connectivity index (χ0n) is 16.9. The lowest BCUT2D eigenvalue weighted by Gasteiger charge is -2.31. The van der Waals surface area contributed by atoms with Gasteiger partial charge in [0.1, 0.15) is 12.2 Å². The van der Waals surface area contributed by atoms with E-state index in [2.05, 4.69) is 25.8 Å². The number of rotatable bonds is 6. The van der Waals surface area contributed by atoms with E-state index in [4.69, 9.17) is 5.73 Å². The summed E-state index contributed by atoms with van der Waals surface area (Å²) in [5, 5.41) is 13.6. The fourth-order valence-electron chi connectivity index (χ4n) is 3.77. The predicted octanol–water partition coefficient (Wildman–Crippen LogP) is 2.92. The Morgan fingerprint density at radius 3 is 2.57 bits per heavy atom. The van der Waals surface area contributed by atoms with Crippen LogP contribution in [0, 0.1) is 5.92 Å². The third-order valence-electron chi connectivity index (χ3n) is 5.47. The number of nitrogens with zero attached hydrogens (tertiary/aromatic N) is 3. The second-order valence-corrected chi connectivity index (χ2v) is 7.56. The Kier molecular flexibility index (Phi) is 6.37. The lowest BCUT2D eigenvalue weighted by atomic mass is 9.85. The number of nitrogens with one attached hydrogen (secondary N) is 3. The first kappa shape index (κ1) is 21.7. The van der Waals surface area contributed by atoms with Gasteiger partial charge in [0.05, 0.1) is 35.1 Å². The van der Waals surface area contributed by atoms with E-state index < -0.39 is 12.1 Å². The van der Waals surface area contributed by atoms with Crippen LogP contribution in [0.25, 0.3) is 0 Å². The molecule has 2 aromatic rings. The standard InChI is InChI=1S/C19H26F3N7O/c1-24-15-8-16(29(2)9-17-25-10-26-28-17)13(7-14(15)23)18(30)27-12-5-3-11(4-6-12)19(20,21)22/h7-8,10-12,24H,3-6,9,23H2,1-2H3,(H,27,30)(H,25,26,28)/t11-,12-. The highest BCUT2D eigenvalue weighted by molar-refractivity contribution is 6.02. The van der Waals surface area contributed by atoms with Gasteiger partial charge in [-0.15, -0.1) is 10.2 Å². The Morgan fingerprint density at radius 1 is 1.30 bits per heavy atom. The molecule has 1 fully saturated rings. The predicted molar refractivity (Wildman–Crippen MR) is 108 cm³/mol. The monoisotopic (exact) mass is 425 g/mol. The lowest BCUT2D eigenvalue weighted by Crippen LogP contribution is -2.40. The number of aromatic nitrogens is 3. The molecule has 3 rings (SSSR count). The lowest BCUT2D eigenvalue weighted by molar-refractivity contribution is -0.182. The molecule has 0 spiro atoms. The normalized spacial score (nSPS) is 19.4. The smallest absolute Gasteiger partial charge is 0.391 e. The summed E-state index contributed by atoms with van der Waals surface area (Å²) in [5.74, 6) is -1.03. The van der Waals surface area contributed by atoms with Gasteiger partial charge in [-0.05, 0) is 37.8 Å². The van der Waals surface area contributed by atoms with Crippen LogP contribution in [0.4, 0.5) is 30.2 Å². The minimum Gasteiger partial charge on any atom is -0.397 e. The molecule has 0 atom stereocenters. The summed E-state index contributed by atoms with van der Waals surface area (Å²) >= 11 is 0. The van der Waals surface area contributed by atoms with Crippen LogP contribution in [0.3, 0.4) is 0 Å². The van der Waals surface area contributed by atoms with E-state index >= 15 is 0 Å². The molecule has 0 aliphatic heterocycles. The Morgan fingerprint density at radius 2 is 2.00 bits per heavy atom. The number of alkyl halides is 3. The summed E-state index contributed by atoms with van der Waals surface area (Å²) in [5.41, 5.74) is 8.10. The van der Waals surface area contributed by atoms with Crippen molar-refractivity contribution in [2.45, 2.75) is 44.4 Å². The van der Waals surface area contributed by atoms with E-state index in [9.17, 15) is 18.0 Å². The van der Waals surface area contributed by atoms with Crippen LogP contribution >= 0.6 is 0 Å². The molecule has 0 unspecified atom stereocenters. The minimum atomic E-state index is -4.18. The summed E-state index contributed by atoms with van der Waals surface area (Å²) < 4.78 is 38.7. The number of nitrogens with two attached hydrogens (primary N) is 1. The van der Waals surface area contributed by atoms with Crippen LogP contribution < -0.4 is 21.3 Å². The molecule has 5 N–H and O–H groups in total. The fourth-order valence-corrected chi connectivity index (χ4v) is 3.77. The fraction of sp³-hybridized carbons (Fsp3) is 0.526. The van der Waals surface area contributed by atoms with Crippen molar-refractivity contribution in [1.29, 1.82) is 0 Å². The summed E-state index contributed by atoms with van der Waals surface area (Å²) in [6.07, 6.45) is -2.08. The third kappa shape index (κ3) is 4.95. The van der Waals surface area contributed by atoms with Gasteiger partial charge in [0.15, 0.2) is 0 Å². The molecule has 1 aliphatic carbocycles. The zero-order chi connectivity index (χ0) is 21.9. The van der Waals surface area contributed by atoms with Gasteiger partial charge in [-0.2, -0.15) is 13.2 Å². The van der Waals surface area contributed by atoms with Crippen LogP contribution in [0.15, 0.2) is 18.5 Å². The molecule has 0 bridgehead atoms. The maximum Gasteiger partial charge on any atom is 0.391 e. The highest BCUT2D eigenvalue weighted by Gasteiger charge is 2.41. The van der Waals surface area contributed by atoms with Gasteiger partial charge in [-0.1, -0.05) is 0 Å². The third-order valence-corrected chi connectivity index (χ3v) is 5.47. The SMILES string of the molecule is CNc1cc(N(C)Cc2nnc[nH]2)c(C(=O)N[C@H]2CC[C@H](C(F)(F)F)CC2)cc1N. The quantitative estimate of drug-likeness (QED) is 0.530. The van der Waals surface area contributed by atoms with Gasteiger partial charge in [-0.25, -0.2) is 0 Å². The molecule has 11 heteroatoms. The highest BCUT2D eigenvalue weighted by atomic mass is 19.4. The Bertz CT molecular complexity index is 862. The van der Waals surface area contributed by atoms with Crippen molar-refractivity contribution in [2.75, 3.05) is 30.0 Å². The van der Waals surface area contributed by atoms with E-state index in [1.807, 2.05) is 4.90 Å². The number of aromatic amines is 1. The zero-order valence-corrected chi connectivity index (χ0v) is 16.9. The first-order chi connectivity index (χ1) is 14.2. The molecule has 30 heavy (non-hydrogen) atoms. The molecule has 0 saturated heterocycles. The van der Waals surface area contributed by atoms with Gasteiger partial charge in [0, 0.05) is 20.1 Å². The maximum atomic E-state index is 13.0. The van der Waals surface area contributed by atoms with Crippen molar-refractivity contribution in [3.05, 3.63) is 29.8 Å². The molecule has 1 aromatic carbocycles. The second-order valence-electron chi connectivity index (χ2n) is 7.56. The number of benzene rings is 1. The topological polar surface area (TPSA) is 112 Å². The molecule has 1 aromatic heterocycles. The van der Waals surface area contributed by atoms with E-state index in [-0.39, 0.29) is 24.8 Å². The number of anilines is 3. The summed E-state index contributed by atoms with van der Waals surface area (Å²) in [6, 6.07) is 3.05. The van der Waals surface area contributed by atoms with Crippen molar-refractivity contribution in [3.63, 3.8) is 0 Å². The molecule has 8 nitrogen and oxygen atoms in total. The van der Waals surface area contributed by atoms with Crippen LogP contribution in [0.5, 0.6) is 0 Å². The van der Waals surface area contributed by atoms with E-state index in [1.54, 1.807) is 26.2 Å². The average molecular weight is 425 g/mol. The van der Waals surface area contributed by atoms with Crippen LogP contribution in [-0.2, 0) is 6.54 Å². The average Bonchev–Trinajstić information content (AvgIpc) is 3.20. The first-order valence-corrected chi connectivity index (χ1v) is 9.74. The Labute approximate surface area is 172 Å². The molecular formula is C19H26F3N7O. The first-order valence-electron chi connectivity index (χ1n) is 9.74. The van der Waals surface area contributed by atoms with Crippen molar-refractivity contribution in [1.82, 2.24) is 20.5 Å². The number of hydrogen-bond acceptors (Lipinski definition) is 6. The minimum absolute atomic E-state index is 0.0214. The molecule has 164 valence electrons. The number of amides is 1. The highest BCUT2D eigenvalue weighted by Crippen LogP contribution is 2.38. The number of halogens is 3. The van der Waals surface area contributed by atoms with Gasteiger partial charge < -0.3 is 26.3 Å².